The summed E-state index contributed by atoms with van der Waals surface area (Å²) in [5.41, 5.74) is 30.9. The zero-order valence-corrected chi connectivity index (χ0v) is 51.6. The maximum atomic E-state index is 15.4. The molecule has 8 rings (SSSR count). The molecule has 39 heteroatoms. The van der Waals surface area contributed by atoms with Crippen LogP contribution in [0.2, 0.25) is 0 Å². The third-order valence-corrected chi connectivity index (χ3v) is 16.1. The van der Waals surface area contributed by atoms with Crippen molar-refractivity contribution in [2.24, 2.45) is 47.3 Å². The number of amides is 4. The van der Waals surface area contributed by atoms with E-state index in [1.165, 1.54) is 62.7 Å². The lowest BCUT2D eigenvalue weighted by Crippen LogP contribution is -2.78. The molecule has 2 fully saturated rings. The quantitative estimate of drug-likeness (QED) is 0.00983. The average molecular weight is 1330 g/mol. The van der Waals surface area contributed by atoms with Crippen molar-refractivity contribution in [2.45, 2.75) is 88.2 Å². The standard InChI is InChI=1S/C52H62F2N18O16S3/c1-51(2)41(63-43(73)39(35-23-89-49(59)61-35)65-85-37(47(77)78)21-83-29-7-9-31(33(53)11-29)25-15-67(5)69(17-25)19-27(57)13-55)45(75)71(51)87-91(81,82)88-72-46(76)42(52(72,3)4)64-44(74)40(36-24-90-50(60)62-36)66-86-38(48(79)80)22-84-30-8-10-32(34(54)12-30)26-16-68(6)70(18-26)20-28(58)14-56/h7-12,15-18,23-24,27-28,37-38,41-42H,13-14,19-22,55-58H2,1-6H3,(H6-2,59,60,61,62,63,64,73,74,77,78,79,80)/p+2/b65-39-,66-40-/t27-,28-,37+,38+,41-,42-/m1/s1. The molecule has 4 amide bonds. The minimum absolute atomic E-state index is 0.0616. The molecule has 0 aliphatic carbocycles. The second-order valence-corrected chi connectivity index (χ2v) is 24.4. The van der Waals surface area contributed by atoms with E-state index in [0.29, 0.717) is 34.3 Å². The molecule has 6 heterocycles. The number of nitrogens with two attached hydrogens (primary N) is 6. The van der Waals surface area contributed by atoms with Crippen LogP contribution in [0.15, 0.2) is 82.3 Å². The van der Waals surface area contributed by atoms with E-state index >= 15 is 8.78 Å². The number of β-lactam (4-membered cyclic amide) rings is 2. The van der Waals surface area contributed by atoms with Gasteiger partial charge in [-0.15, -0.1) is 40.6 Å². The van der Waals surface area contributed by atoms with Crippen molar-refractivity contribution in [1.29, 1.82) is 0 Å². The monoisotopic (exact) mass is 1330 g/mol. The Morgan fingerprint density at radius 3 is 1.37 bits per heavy atom. The minimum atomic E-state index is -5.42. The van der Waals surface area contributed by atoms with Crippen LogP contribution in [0.5, 0.6) is 11.5 Å². The largest absolute Gasteiger partial charge is 0.489 e. The van der Waals surface area contributed by atoms with Gasteiger partial charge in [0.05, 0.1) is 47.7 Å². The van der Waals surface area contributed by atoms with E-state index < -0.39 is 118 Å². The van der Waals surface area contributed by atoms with Crippen molar-refractivity contribution in [3.05, 3.63) is 95.0 Å². The Balaban J connectivity index is 0.870. The van der Waals surface area contributed by atoms with Crippen LogP contribution in [0.3, 0.4) is 0 Å². The number of hydrogen-bond acceptors (Lipinski definition) is 26. The summed E-state index contributed by atoms with van der Waals surface area (Å²) in [7, 11) is -1.94. The van der Waals surface area contributed by atoms with Gasteiger partial charge in [-0.05, 0) is 52.0 Å². The molecule has 488 valence electrons. The SMILES string of the molecule is C[n+]1cc(-c2ccc(OC[C@H](O/N=C(\C(=O)N[C@@H]3C(=O)N(OS(=O)(=O)ON4C(=O)[C@@H](NC(=O)/C(=N\O[C@@H](COc5ccc(-c6cn(C[C@H](N)CN)[n+](C)c6)c(F)c5)C(=O)O)c5csc(N)n5)C4(C)C)C3(C)C)c3csc(N)n3)C(=O)O)cc2F)cn1C[C@H](N)CN. The average Bonchev–Trinajstić information content (AvgIpc) is 1.29. The molecule has 91 heavy (non-hydrogen) atoms. The summed E-state index contributed by atoms with van der Waals surface area (Å²) < 4.78 is 85.7. The number of nitrogens with zero attached hydrogens (tertiary/aromatic N) is 10. The molecule has 0 unspecified atom stereocenters. The Bertz CT molecular complexity index is 3710. The highest BCUT2D eigenvalue weighted by molar-refractivity contribution is 7.81. The molecule has 6 atom stereocenters. The van der Waals surface area contributed by atoms with Gasteiger partial charge in [-0.2, -0.15) is 27.9 Å². The van der Waals surface area contributed by atoms with Gasteiger partial charge in [0.2, 0.25) is 12.4 Å². The van der Waals surface area contributed by atoms with E-state index in [0.717, 1.165) is 34.8 Å². The number of aryl methyl sites for hydroxylation is 2. The van der Waals surface area contributed by atoms with Gasteiger partial charge in [0.15, 0.2) is 35.8 Å². The van der Waals surface area contributed by atoms with Crippen LogP contribution in [0, 0.1) is 11.6 Å². The topological polar surface area (TPSA) is 487 Å². The number of carboxylic acids is 2. The van der Waals surface area contributed by atoms with E-state index in [9.17, 15) is 47.4 Å². The number of carbonyl (C=O) groups excluding carboxylic acids is 4. The van der Waals surface area contributed by atoms with Gasteiger partial charge in [0.1, 0.15) is 59.8 Å². The zero-order chi connectivity index (χ0) is 66.6. The highest BCUT2D eigenvalue weighted by Gasteiger charge is 2.61. The highest BCUT2D eigenvalue weighted by atomic mass is 32.3. The van der Waals surface area contributed by atoms with Crippen LogP contribution < -0.4 is 63.9 Å². The number of rotatable bonds is 30. The molecule has 2 saturated heterocycles. The number of hydroxylamine groups is 4. The number of thiazole rings is 2. The maximum absolute atomic E-state index is 15.4. The maximum Gasteiger partial charge on any atom is 0.442 e. The van der Waals surface area contributed by atoms with Gasteiger partial charge < -0.3 is 74.4 Å². The molecule has 34 nitrogen and oxygen atoms in total. The van der Waals surface area contributed by atoms with Gasteiger partial charge in [-0.25, -0.2) is 28.3 Å². The van der Waals surface area contributed by atoms with E-state index in [2.05, 4.69) is 30.9 Å². The summed E-state index contributed by atoms with van der Waals surface area (Å²) >= 11 is 1.71. The smallest absolute Gasteiger partial charge is 0.442 e. The van der Waals surface area contributed by atoms with Crippen molar-refractivity contribution in [2.75, 3.05) is 37.8 Å². The first-order chi connectivity index (χ1) is 42.8. The van der Waals surface area contributed by atoms with Crippen LogP contribution in [0.4, 0.5) is 19.0 Å². The molecular formula is C52H64F2N18O16S3+2. The van der Waals surface area contributed by atoms with Gasteiger partial charge in [0, 0.05) is 59.2 Å². The summed E-state index contributed by atoms with van der Waals surface area (Å²) in [6, 6.07) is 3.79. The summed E-state index contributed by atoms with van der Waals surface area (Å²) in [6.45, 7) is 4.73. The Morgan fingerprint density at radius 2 is 1.07 bits per heavy atom. The van der Waals surface area contributed by atoms with Crippen molar-refractivity contribution in [1.82, 2.24) is 40.1 Å². The van der Waals surface area contributed by atoms with E-state index in [4.69, 9.17) is 62.1 Å². The van der Waals surface area contributed by atoms with Crippen LogP contribution in [0.25, 0.3) is 22.3 Å². The fraction of sp³-hybridized carbons (Fsp3) is 0.385. The third-order valence-electron chi connectivity index (χ3n) is 14.1. The van der Waals surface area contributed by atoms with Crippen LogP contribution in [-0.4, -0.2) is 169 Å². The molecule has 2 aliphatic heterocycles. The minimum Gasteiger partial charge on any atom is -0.489 e. The fourth-order valence-electron chi connectivity index (χ4n) is 8.95. The molecule has 16 N–H and O–H groups in total. The fourth-order valence-corrected chi connectivity index (χ4v) is 11.0. The predicted octanol–water partition coefficient (Wildman–Crippen LogP) is -2.27. The molecule has 2 aromatic carbocycles. The number of benzene rings is 2. The number of nitrogens with one attached hydrogen (secondary N) is 2. The van der Waals surface area contributed by atoms with Crippen molar-refractivity contribution in [3.63, 3.8) is 0 Å². The number of carbonyl (C=O) groups is 6. The van der Waals surface area contributed by atoms with E-state index in [-0.39, 0.29) is 69.5 Å². The Labute approximate surface area is 523 Å². The molecule has 0 bridgehead atoms. The number of oxime groups is 2. The molecule has 0 radical (unpaired) electrons. The lowest BCUT2D eigenvalue weighted by atomic mass is 9.84. The van der Waals surface area contributed by atoms with E-state index in [1.54, 1.807) is 57.6 Å². The summed E-state index contributed by atoms with van der Waals surface area (Å²) in [5, 5.41) is 35.2. The van der Waals surface area contributed by atoms with Crippen LogP contribution in [-0.2, 0) is 84.6 Å². The summed E-state index contributed by atoms with van der Waals surface area (Å²) in [6.07, 6.45) is 2.84. The first-order valence-electron chi connectivity index (χ1n) is 27.0. The van der Waals surface area contributed by atoms with Crippen LogP contribution >= 0.6 is 22.7 Å². The molecule has 0 spiro atoms. The lowest BCUT2D eigenvalue weighted by Gasteiger charge is -2.52. The second kappa shape index (κ2) is 27.4. The summed E-state index contributed by atoms with van der Waals surface area (Å²) in [4.78, 5) is 98.1. The van der Waals surface area contributed by atoms with Crippen molar-refractivity contribution >= 4 is 90.3 Å². The number of hydrogen-bond donors (Lipinski definition) is 10. The first-order valence-corrected chi connectivity index (χ1v) is 30.1. The first kappa shape index (κ1) is 67.6. The number of ether oxygens (including phenoxy) is 2. The Morgan fingerprint density at radius 1 is 0.692 bits per heavy atom. The van der Waals surface area contributed by atoms with Crippen molar-refractivity contribution < 1.29 is 93.3 Å². The van der Waals surface area contributed by atoms with Gasteiger partial charge in [-0.3, -0.25) is 19.2 Å². The van der Waals surface area contributed by atoms with Gasteiger partial charge >= 0.3 is 22.3 Å². The highest BCUT2D eigenvalue weighted by Crippen LogP contribution is 2.37. The Kier molecular flexibility index (Phi) is 20.3. The number of halogens is 2. The number of nitrogen functional groups attached to an aromatic ring is 2. The predicted molar refractivity (Wildman–Crippen MR) is 315 cm³/mol. The summed E-state index contributed by atoms with van der Waals surface area (Å²) in [5.74, 6) is -9.62. The molecule has 2 aliphatic rings. The number of anilines is 2. The van der Waals surface area contributed by atoms with Gasteiger partial charge in [-0.1, -0.05) is 10.3 Å². The third kappa shape index (κ3) is 15.3. The molecular weight excluding hydrogens is 1270 g/mol. The number of aromatic nitrogens is 6. The van der Waals surface area contributed by atoms with Gasteiger partial charge in [0.25, 0.3) is 35.8 Å². The van der Waals surface area contributed by atoms with Crippen LogP contribution in [0.1, 0.15) is 39.1 Å². The molecule has 6 aromatic rings. The van der Waals surface area contributed by atoms with Crippen molar-refractivity contribution in [3.8, 4) is 33.8 Å². The second-order valence-electron chi connectivity index (χ2n) is 21.5. The molecule has 4 aromatic heterocycles. The molecule has 0 saturated carbocycles. The number of carboxylic acid groups (broad SMARTS) is 2. The normalized spacial score (nSPS) is 17.7. The number of aliphatic carboxylic acids is 2. The van der Waals surface area contributed by atoms with E-state index in [1.807, 2.05) is 0 Å². The Hall–Kier alpha value is -9.35. The zero-order valence-electron chi connectivity index (χ0n) is 49.2. The lowest BCUT2D eigenvalue weighted by molar-refractivity contribution is -0.753.